The van der Waals surface area contributed by atoms with Gasteiger partial charge in [-0.2, -0.15) is 5.10 Å². The summed E-state index contributed by atoms with van der Waals surface area (Å²) in [5, 5.41) is 7.98. The van der Waals surface area contributed by atoms with Crippen LogP contribution in [0.3, 0.4) is 0 Å². The molecule has 1 saturated heterocycles. The van der Waals surface area contributed by atoms with Crippen molar-refractivity contribution in [3.63, 3.8) is 0 Å². The second kappa shape index (κ2) is 5.76. The molecule has 0 bridgehead atoms. The van der Waals surface area contributed by atoms with E-state index in [1.807, 2.05) is 26.8 Å². The van der Waals surface area contributed by atoms with Gasteiger partial charge in [0.05, 0.1) is 11.7 Å². The van der Waals surface area contributed by atoms with Crippen LogP contribution in [0.15, 0.2) is 18.3 Å². The number of carbonyl (C=O) groups is 1. The molecule has 1 aliphatic heterocycles. The van der Waals surface area contributed by atoms with E-state index in [1.54, 1.807) is 11.1 Å². The number of H-pyrrole nitrogens is 1. The zero-order valence-electron chi connectivity index (χ0n) is 13.9. The van der Waals surface area contributed by atoms with Gasteiger partial charge in [0, 0.05) is 24.2 Å². The highest BCUT2D eigenvalue weighted by atomic mass is 16.6. The Balaban J connectivity index is 1.67. The number of piperidine rings is 1. The van der Waals surface area contributed by atoms with Gasteiger partial charge in [0.1, 0.15) is 5.60 Å². The van der Waals surface area contributed by atoms with E-state index < -0.39 is 5.60 Å². The maximum absolute atomic E-state index is 12.1. The topological polar surface area (TPSA) is 84.2 Å². The van der Waals surface area contributed by atoms with Crippen molar-refractivity contribution in [2.45, 2.75) is 45.1 Å². The third-order valence-electron chi connectivity index (χ3n) is 4.23. The van der Waals surface area contributed by atoms with Gasteiger partial charge in [0.25, 0.3) is 0 Å². The fourth-order valence-electron chi connectivity index (χ4n) is 3.06. The molecule has 23 heavy (non-hydrogen) atoms. The second-order valence-corrected chi connectivity index (χ2v) is 7.18. The van der Waals surface area contributed by atoms with Gasteiger partial charge < -0.3 is 15.4 Å². The molecule has 1 aromatic carbocycles. The molecule has 0 radical (unpaired) electrons. The Bertz CT molecular complexity index is 709. The highest BCUT2D eigenvalue weighted by Crippen LogP contribution is 2.32. The molecule has 124 valence electrons. The van der Waals surface area contributed by atoms with Crippen molar-refractivity contribution < 1.29 is 9.53 Å². The van der Waals surface area contributed by atoms with Crippen LogP contribution in [0.4, 0.5) is 10.5 Å². The van der Waals surface area contributed by atoms with Gasteiger partial charge in [-0.05, 0) is 57.2 Å². The fraction of sp³-hybridized carbons (Fsp3) is 0.529. The van der Waals surface area contributed by atoms with Crippen LogP contribution < -0.4 is 5.73 Å². The molecule has 0 unspecified atom stereocenters. The molecule has 3 rings (SSSR count). The maximum Gasteiger partial charge on any atom is 0.410 e. The summed E-state index contributed by atoms with van der Waals surface area (Å²) in [6, 6.07) is 4.15. The van der Waals surface area contributed by atoms with Gasteiger partial charge >= 0.3 is 6.09 Å². The average Bonchev–Trinajstić information content (AvgIpc) is 2.94. The molecule has 0 aliphatic carbocycles. The number of amides is 1. The molecule has 0 atom stereocenters. The maximum atomic E-state index is 12.1. The molecular weight excluding hydrogens is 292 g/mol. The number of hydrogen-bond acceptors (Lipinski definition) is 4. The quantitative estimate of drug-likeness (QED) is 0.791. The van der Waals surface area contributed by atoms with Crippen molar-refractivity contribution in [2.24, 2.45) is 0 Å². The van der Waals surface area contributed by atoms with E-state index in [-0.39, 0.29) is 6.09 Å². The Morgan fingerprint density at radius 2 is 2.04 bits per heavy atom. The van der Waals surface area contributed by atoms with Crippen molar-refractivity contribution in [1.82, 2.24) is 15.1 Å². The second-order valence-electron chi connectivity index (χ2n) is 7.18. The Labute approximate surface area is 136 Å². The number of fused-ring (bicyclic) bond motifs is 1. The number of aromatic amines is 1. The third-order valence-corrected chi connectivity index (χ3v) is 4.23. The van der Waals surface area contributed by atoms with E-state index in [2.05, 4.69) is 16.3 Å². The average molecular weight is 316 g/mol. The lowest BCUT2D eigenvalue weighted by molar-refractivity contribution is 0.0205. The smallest absolute Gasteiger partial charge is 0.410 e. The molecule has 1 amide bonds. The highest BCUT2D eigenvalue weighted by molar-refractivity contribution is 5.90. The minimum absolute atomic E-state index is 0.223. The summed E-state index contributed by atoms with van der Waals surface area (Å²) < 4.78 is 5.44. The van der Waals surface area contributed by atoms with E-state index >= 15 is 0 Å². The number of hydrogen-bond donors (Lipinski definition) is 2. The van der Waals surface area contributed by atoms with E-state index in [0.29, 0.717) is 19.0 Å². The standard InChI is InChI=1S/C17H24N4O2/c1-17(2,3)23-16(22)21-6-4-11(5-7-21)12-8-14(18)13-10-19-20-15(13)9-12/h8-11H,4-7,18H2,1-3H3,(H,19,20). The summed E-state index contributed by atoms with van der Waals surface area (Å²) in [5.41, 5.74) is 8.59. The predicted molar refractivity (Wildman–Crippen MR) is 90.3 cm³/mol. The first kappa shape index (κ1) is 15.6. The monoisotopic (exact) mass is 316 g/mol. The number of ether oxygens (including phenoxy) is 1. The summed E-state index contributed by atoms with van der Waals surface area (Å²) in [6.45, 7) is 7.08. The third kappa shape index (κ3) is 3.41. The van der Waals surface area contributed by atoms with Gasteiger partial charge in [-0.15, -0.1) is 0 Å². The summed E-state index contributed by atoms with van der Waals surface area (Å²) in [7, 11) is 0. The number of carbonyl (C=O) groups excluding carboxylic acids is 1. The molecule has 3 N–H and O–H groups in total. The number of nitrogens with two attached hydrogens (primary N) is 1. The molecule has 1 aromatic heterocycles. The summed E-state index contributed by atoms with van der Waals surface area (Å²) >= 11 is 0. The normalized spacial score (nSPS) is 16.7. The fourth-order valence-corrected chi connectivity index (χ4v) is 3.06. The number of nitrogens with zero attached hydrogens (tertiary/aromatic N) is 2. The van der Waals surface area contributed by atoms with Crippen LogP contribution in [-0.2, 0) is 4.74 Å². The molecule has 1 aliphatic rings. The van der Waals surface area contributed by atoms with Gasteiger partial charge in [-0.25, -0.2) is 4.79 Å². The van der Waals surface area contributed by atoms with Crippen molar-refractivity contribution in [1.29, 1.82) is 0 Å². The van der Waals surface area contributed by atoms with Gasteiger partial charge in [-0.3, -0.25) is 5.10 Å². The predicted octanol–water partition coefficient (Wildman–Crippen LogP) is 3.26. The number of anilines is 1. The molecule has 2 heterocycles. The zero-order valence-corrected chi connectivity index (χ0v) is 13.9. The largest absolute Gasteiger partial charge is 0.444 e. The van der Waals surface area contributed by atoms with Gasteiger partial charge in [0.2, 0.25) is 0 Å². The van der Waals surface area contributed by atoms with Gasteiger partial charge in [-0.1, -0.05) is 0 Å². The minimum Gasteiger partial charge on any atom is -0.444 e. The first-order valence-corrected chi connectivity index (χ1v) is 8.04. The van der Waals surface area contributed by atoms with Crippen LogP contribution in [0.1, 0.15) is 45.1 Å². The molecule has 1 fully saturated rings. The van der Waals surface area contributed by atoms with E-state index in [4.69, 9.17) is 10.5 Å². The first-order chi connectivity index (χ1) is 10.8. The number of nitrogen functional groups attached to an aromatic ring is 1. The molecule has 0 spiro atoms. The Kier molecular flexibility index (Phi) is 3.92. The van der Waals surface area contributed by atoms with Crippen LogP contribution in [-0.4, -0.2) is 39.9 Å². The van der Waals surface area contributed by atoms with Crippen LogP contribution in [0.2, 0.25) is 0 Å². The van der Waals surface area contributed by atoms with E-state index in [0.717, 1.165) is 29.4 Å². The Morgan fingerprint density at radius 3 is 2.70 bits per heavy atom. The van der Waals surface area contributed by atoms with Crippen LogP contribution in [0.5, 0.6) is 0 Å². The summed E-state index contributed by atoms with van der Waals surface area (Å²) in [6.07, 6.45) is 3.36. The van der Waals surface area contributed by atoms with E-state index in [1.165, 1.54) is 5.56 Å². The SMILES string of the molecule is CC(C)(C)OC(=O)N1CCC(c2cc(N)c3cn[nH]c3c2)CC1. The number of nitrogens with one attached hydrogen (secondary N) is 1. The van der Waals surface area contributed by atoms with Crippen molar-refractivity contribution in [3.8, 4) is 0 Å². The van der Waals surface area contributed by atoms with Gasteiger partial charge in [0.15, 0.2) is 0 Å². The molecule has 6 nitrogen and oxygen atoms in total. The number of rotatable bonds is 1. The number of benzene rings is 1. The van der Waals surface area contributed by atoms with Crippen LogP contribution in [0, 0.1) is 0 Å². The van der Waals surface area contributed by atoms with Crippen LogP contribution >= 0.6 is 0 Å². The number of likely N-dealkylation sites (tertiary alicyclic amines) is 1. The first-order valence-electron chi connectivity index (χ1n) is 8.04. The Morgan fingerprint density at radius 1 is 1.35 bits per heavy atom. The summed E-state index contributed by atoms with van der Waals surface area (Å²) in [5.74, 6) is 0.406. The number of aromatic nitrogens is 2. The van der Waals surface area contributed by atoms with Crippen LogP contribution in [0.25, 0.3) is 10.9 Å². The van der Waals surface area contributed by atoms with E-state index in [9.17, 15) is 4.79 Å². The van der Waals surface area contributed by atoms with Crippen molar-refractivity contribution in [2.75, 3.05) is 18.8 Å². The lowest BCUT2D eigenvalue weighted by Gasteiger charge is -2.33. The molecule has 6 heteroatoms. The lowest BCUT2D eigenvalue weighted by Crippen LogP contribution is -2.41. The molecule has 0 saturated carbocycles. The minimum atomic E-state index is -0.450. The van der Waals surface area contributed by atoms with Crippen molar-refractivity contribution >= 4 is 22.7 Å². The molecular formula is C17H24N4O2. The van der Waals surface area contributed by atoms with Crippen molar-refractivity contribution in [3.05, 3.63) is 23.9 Å². The lowest BCUT2D eigenvalue weighted by atomic mass is 9.89. The highest BCUT2D eigenvalue weighted by Gasteiger charge is 2.27. The zero-order chi connectivity index (χ0) is 16.6. The molecule has 2 aromatic rings. The Hall–Kier alpha value is -2.24. The summed E-state index contributed by atoms with van der Waals surface area (Å²) in [4.78, 5) is 13.9.